The van der Waals surface area contributed by atoms with Crippen molar-refractivity contribution in [1.82, 2.24) is 4.98 Å². The number of pyridine rings is 1. The fourth-order valence-electron chi connectivity index (χ4n) is 1.90. The van der Waals surface area contributed by atoms with E-state index in [2.05, 4.69) is 25.7 Å². The van der Waals surface area contributed by atoms with E-state index in [-0.39, 0.29) is 5.52 Å². The van der Waals surface area contributed by atoms with Gasteiger partial charge in [-0.15, -0.1) is 13.2 Å². The van der Waals surface area contributed by atoms with Crippen molar-refractivity contribution in [2.24, 2.45) is 0 Å². The van der Waals surface area contributed by atoms with Crippen LogP contribution in [0.5, 0.6) is 5.75 Å². The van der Waals surface area contributed by atoms with E-state index in [1.165, 1.54) is 0 Å². The quantitative estimate of drug-likeness (QED) is 0.587. The Morgan fingerprint density at radius 1 is 1.17 bits per heavy atom. The van der Waals surface area contributed by atoms with Crippen LogP contribution in [0.3, 0.4) is 0 Å². The zero-order valence-electron chi connectivity index (χ0n) is 10.6. The minimum absolute atomic E-state index is 0.344. The lowest BCUT2D eigenvalue weighted by atomic mass is 10.0. The zero-order chi connectivity index (χ0) is 17.6. The van der Waals surface area contributed by atoms with Crippen molar-refractivity contribution in [3.05, 3.63) is 33.9 Å². The molecule has 0 aliphatic heterocycles. The summed E-state index contributed by atoms with van der Waals surface area (Å²) in [4.78, 5) is 14.7. The lowest BCUT2D eigenvalue weighted by Gasteiger charge is -2.16. The van der Waals surface area contributed by atoms with Crippen LogP contribution in [-0.4, -0.2) is 22.4 Å². The Hall–Kier alpha value is -2.04. The second-order valence-corrected chi connectivity index (χ2v) is 4.93. The molecule has 0 unspecified atom stereocenters. The molecular weight excluding hydrogens is 400 g/mol. The number of aromatic nitrogens is 1. The van der Waals surface area contributed by atoms with Crippen LogP contribution in [0, 0.1) is 0 Å². The number of aromatic carboxylic acids is 1. The summed E-state index contributed by atoms with van der Waals surface area (Å²) >= 11 is 2.63. The maximum Gasteiger partial charge on any atom is 0.573 e. The van der Waals surface area contributed by atoms with Crippen LogP contribution < -0.4 is 4.74 Å². The summed E-state index contributed by atoms with van der Waals surface area (Å²) in [6.07, 6.45) is -10.2. The van der Waals surface area contributed by atoms with Crippen molar-refractivity contribution >= 4 is 32.8 Å². The third kappa shape index (κ3) is 3.66. The lowest BCUT2D eigenvalue weighted by molar-refractivity contribution is -0.274. The van der Waals surface area contributed by atoms with E-state index in [0.717, 1.165) is 12.1 Å². The highest BCUT2D eigenvalue weighted by molar-refractivity contribution is 9.10. The van der Waals surface area contributed by atoms with Gasteiger partial charge in [-0.3, -0.25) is 0 Å². The van der Waals surface area contributed by atoms with Crippen molar-refractivity contribution in [2.75, 3.05) is 0 Å². The fraction of sp³-hybridized carbons (Fsp3) is 0.167. The molecule has 0 saturated carbocycles. The SMILES string of the molecule is O=C(O)c1c(Br)nc2ccc(OC(F)(F)F)cc2c1C(F)(F)F. The molecule has 1 aromatic carbocycles. The number of carboxylic acid groups (broad SMARTS) is 1. The van der Waals surface area contributed by atoms with Gasteiger partial charge < -0.3 is 9.84 Å². The Bertz CT molecular complexity index is 787. The number of halogens is 7. The Morgan fingerprint density at radius 3 is 2.26 bits per heavy atom. The number of rotatable bonds is 2. The van der Waals surface area contributed by atoms with Gasteiger partial charge in [-0.25, -0.2) is 9.78 Å². The second kappa shape index (κ2) is 5.55. The van der Waals surface area contributed by atoms with E-state index in [1.807, 2.05) is 0 Å². The van der Waals surface area contributed by atoms with Crippen LogP contribution in [0.2, 0.25) is 0 Å². The molecule has 0 fully saturated rings. The summed E-state index contributed by atoms with van der Waals surface area (Å²) in [5.74, 6) is -2.85. The Morgan fingerprint density at radius 2 is 1.78 bits per heavy atom. The molecule has 1 N–H and O–H groups in total. The minimum atomic E-state index is -5.13. The first kappa shape index (κ1) is 17.3. The molecule has 0 aliphatic rings. The van der Waals surface area contributed by atoms with E-state index < -0.39 is 45.4 Å². The standard InChI is InChI=1S/C12H4BrF6NO3/c13-9-7(10(21)22)8(11(14,15)16)5-3-4(23-12(17,18)19)1-2-6(5)20-9/h1-3H,(H,21,22). The Balaban J connectivity index is 2.83. The molecule has 2 aromatic rings. The summed E-state index contributed by atoms with van der Waals surface area (Å²) in [7, 11) is 0. The van der Waals surface area contributed by atoms with E-state index in [9.17, 15) is 31.1 Å². The molecule has 0 atom stereocenters. The lowest BCUT2D eigenvalue weighted by Crippen LogP contribution is -2.18. The molecule has 0 aliphatic carbocycles. The second-order valence-electron chi connectivity index (χ2n) is 4.18. The Labute approximate surface area is 131 Å². The summed E-state index contributed by atoms with van der Waals surface area (Å²) in [6, 6.07) is 2.08. The van der Waals surface area contributed by atoms with Crippen molar-refractivity contribution in [3.63, 3.8) is 0 Å². The molecule has 1 heterocycles. The monoisotopic (exact) mass is 403 g/mol. The summed E-state index contributed by atoms with van der Waals surface area (Å²) in [5, 5.41) is 8.12. The maximum atomic E-state index is 13.2. The van der Waals surface area contributed by atoms with Gasteiger partial charge in [-0.05, 0) is 34.1 Å². The number of alkyl halides is 6. The third-order valence-electron chi connectivity index (χ3n) is 2.64. The first-order valence-electron chi connectivity index (χ1n) is 5.59. The maximum absolute atomic E-state index is 13.2. The van der Waals surface area contributed by atoms with Gasteiger partial charge in [0.05, 0.1) is 11.1 Å². The van der Waals surface area contributed by atoms with Gasteiger partial charge in [-0.1, -0.05) is 0 Å². The summed E-state index contributed by atoms with van der Waals surface area (Å²) < 4.78 is 79.2. The van der Waals surface area contributed by atoms with Crippen LogP contribution >= 0.6 is 15.9 Å². The van der Waals surface area contributed by atoms with Crippen LogP contribution in [0.4, 0.5) is 26.3 Å². The topological polar surface area (TPSA) is 59.4 Å². The van der Waals surface area contributed by atoms with Crippen molar-refractivity contribution < 1.29 is 41.0 Å². The van der Waals surface area contributed by atoms with E-state index in [4.69, 9.17) is 5.11 Å². The number of nitrogens with zero attached hydrogens (tertiary/aromatic N) is 1. The highest BCUT2D eigenvalue weighted by Gasteiger charge is 2.40. The first-order chi connectivity index (χ1) is 10.4. The molecule has 0 bridgehead atoms. The van der Waals surface area contributed by atoms with Crippen LogP contribution in [0.25, 0.3) is 10.9 Å². The van der Waals surface area contributed by atoms with Crippen molar-refractivity contribution in [2.45, 2.75) is 12.5 Å². The molecule has 23 heavy (non-hydrogen) atoms. The number of ether oxygens (including phenoxy) is 1. The number of hydrogen-bond acceptors (Lipinski definition) is 3. The van der Waals surface area contributed by atoms with E-state index in [1.54, 1.807) is 0 Å². The van der Waals surface area contributed by atoms with Gasteiger partial charge >= 0.3 is 18.5 Å². The minimum Gasteiger partial charge on any atom is -0.478 e. The van der Waals surface area contributed by atoms with Crippen LogP contribution in [0.1, 0.15) is 15.9 Å². The van der Waals surface area contributed by atoms with Gasteiger partial charge in [0, 0.05) is 5.39 Å². The van der Waals surface area contributed by atoms with Gasteiger partial charge in [0.25, 0.3) is 0 Å². The normalized spacial score (nSPS) is 12.5. The molecule has 124 valence electrons. The van der Waals surface area contributed by atoms with Gasteiger partial charge in [-0.2, -0.15) is 13.2 Å². The van der Waals surface area contributed by atoms with Gasteiger partial charge in [0.1, 0.15) is 15.9 Å². The predicted octanol–water partition coefficient (Wildman–Crippen LogP) is 4.61. The van der Waals surface area contributed by atoms with Crippen LogP contribution in [0.15, 0.2) is 22.8 Å². The summed E-state index contributed by atoms with van der Waals surface area (Å²) in [6.45, 7) is 0. The fourth-order valence-corrected chi connectivity index (χ4v) is 2.46. The highest BCUT2D eigenvalue weighted by Crippen LogP contribution is 2.40. The zero-order valence-corrected chi connectivity index (χ0v) is 12.2. The largest absolute Gasteiger partial charge is 0.573 e. The van der Waals surface area contributed by atoms with Crippen LogP contribution in [-0.2, 0) is 6.18 Å². The smallest absolute Gasteiger partial charge is 0.478 e. The average molecular weight is 404 g/mol. The van der Waals surface area contributed by atoms with E-state index >= 15 is 0 Å². The molecule has 11 heteroatoms. The number of carboxylic acids is 1. The first-order valence-corrected chi connectivity index (χ1v) is 6.39. The Kier molecular flexibility index (Phi) is 4.18. The molecule has 0 spiro atoms. The van der Waals surface area contributed by atoms with Gasteiger partial charge in [0.2, 0.25) is 0 Å². The molecule has 2 rings (SSSR count). The molecule has 4 nitrogen and oxygen atoms in total. The van der Waals surface area contributed by atoms with Gasteiger partial charge in [0.15, 0.2) is 0 Å². The third-order valence-corrected chi connectivity index (χ3v) is 3.22. The molecule has 0 radical (unpaired) electrons. The molecular formula is C12H4BrF6NO3. The number of hydrogen-bond donors (Lipinski definition) is 1. The molecule has 0 saturated heterocycles. The van der Waals surface area contributed by atoms with E-state index in [0.29, 0.717) is 6.07 Å². The number of benzene rings is 1. The van der Waals surface area contributed by atoms with Crippen molar-refractivity contribution in [3.8, 4) is 5.75 Å². The molecule has 0 amide bonds. The highest BCUT2D eigenvalue weighted by atomic mass is 79.9. The average Bonchev–Trinajstić information content (AvgIpc) is 2.34. The summed E-state index contributed by atoms with van der Waals surface area (Å²) in [5.41, 5.74) is -3.16. The predicted molar refractivity (Wildman–Crippen MR) is 68.1 cm³/mol. The number of fused-ring (bicyclic) bond motifs is 1. The molecule has 1 aromatic heterocycles. The number of carbonyl (C=O) groups is 1. The van der Waals surface area contributed by atoms with Crippen molar-refractivity contribution in [1.29, 1.82) is 0 Å².